The largest absolute Gasteiger partial charge is 0.376 e. The van der Waals surface area contributed by atoms with E-state index >= 15 is 0 Å². The molecule has 0 amide bonds. The van der Waals surface area contributed by atoms with Crippen LogP contribution >= 0.6 is 12.2 Å². The molecule has 2 aromatic rings. The molecule has 0 aromatic carbocycles. The van der Waals surface area contributed by atoms with Crippen LogP contribution in [0.2, 0.25) is 0 Å². The van der Waals surface area contributed by atoms with E-state index in [9.17, 15) is 0 Å². The highest BCUT2D eigenvalue weighted by Crippen LogP contribution is 2.41. The second-order valence-electron chi connectivity index (χ2n) is 7.30. The summed E-state index contributed by atoms with van der Waals surface area (Å²) >= 11 is 5.74. The Morgan fingerprint density at radius 1 is 1.35 bits per heavy atom. The van der Waals surface area contributed by atoms with Crippen LogP contribution in [-0.4, -0.2) is 38.8 Å². The van der Waals surface area contributed by atoms with Gasteiger partial charge in [0.25, 0.3) is 0 Å². The van der Waals surface area contributed by atoms with Crippen molar-refractivity contribution in [3.8, 4) is 0 Å². The van der Waals surface area contributed by atoms with Gasteiger partial charge in [0.2, 0.25) is 0 Å². The van der Waals surface area contributed by atoms with Crippen LogP contribution in [0.1, 0.15) is 47.6 Å². The summed E-state index contributed by atoms with van der Waals surface area (Å²) in [5.74, 6) is 0. The first kappa shape index (κ1) is 17.5. The van der Waals surface area contributed by atoms with Crippen LogP contribution in [0.4, 0.5) is 0 Å². The number of hydrogen-bond donors (Lipinski definition) is 1. The van der Waals surface area contributed by atoms with Crippen LogP contribution in [0, 0.1) is 13.8 Å². The predicted octanol–water partition coefficient (Wildman–Crippen LogP) is 3.19. The molecule has 1 N–H and O–H groups in total. The van der Waals surface area contributed by atoms with Gasteiger partial charge in [-0.05, 0) is 62.7 Å². The number of thiocarbonyl (C=S) groups is 1. The Balaban J connectivity index is 1.74. The van der Waals surface area contributed by atoms with Crippen LogP contribution < -0.4 is 5.32 Å². The molecule has 4 heterocycles. The third-order valence-corrected chi connectivity index (χ3v) is 6.11. The Hall–Kier alpha value is -1.92. The average Bonchev–Trinajstić information content (AvgIpc) is 3.33. The first-order chi connectivity index (χ1) is 12.6. The van der Waals surface area contributed by atoms with Crippen LogP contribution in [0.5, 0.6) is 0 Å². The lowest BCUT2D eigenvalue weighted by Crippen LogP contribution is -2.36. The molecule has 2 aromatic heterocycles. The van der Waals surface area contributed by atoms with Gasteiger partial charge >= 0.3 is 0 Å². The van der Waals surface area contributed by atoms with Gasteiger partial charge in [-0.1, -0.05) is 6.07 Å². The minimum absolute atomic E-state index is 0.0469. The number of rotatable bonds is 4. The molecule has 2 aliphatic rings. The second-order valence-corrected chi connectivity index (χ2v) is 7.69. The number of nitrogens with one attached hydrogen (secondary N) is 1. The summed E-state index contributed by atoms with van der Waals surface area (Å²) < 4.78 is 8.14. The van der Waals surface area contributed by atoms with Crippen molar-refractivity contribution in [2.24, 2.45) is 7.05 Å². The Bertz CT molecular complexity index is 798. The molecule has 0 aliphatic carbocycles. The molecule has 3 atom stereocenters. The summed E-state index contributed by atoms with van der Waals surface area (Å²) in [5, 5.41) is 4.32. The summed E-state index contributed by atoms with van der Waals surface area (Å²) in [5.41, 5.74) is 4.87. The lowest BCUT2D eigenvalue weighted by molar-refractivity contribution is 0.0842. The zero-order chi connectivity index (χ0) is 18.3. The van der Waals surface area contributed by atoms with Gasteiger partial charge in [-0.3, -0.25) is 4.98 Å². The van der Waals surface area contributed by atoms with E-state index in [0.29, 0.717) is 0 Å². The second kappa shape index (κ2) is 7.00. The number of pyridine rings is 1. The maximum atomic E-state index is 5.90. The lowest BCUT2D eigenvalue weighted by atomic mass is 9.96. The Morgan fingerprint density at radius 3 is 2.81 bits per heavy atom. The van der Waals surface area contributed by atoms with E-state index < -0.39 is 0 Å². The van der Waals surface area contributed by atoms with Crippen LogP contribution in [0.15, 0.2) is 30.5 Å². The molecule has 2 saturated heterocycles. The van der Waals surface area contributed by atoms with Crippen molar-refractivity contribution < 1.29 is 4.74 Å². The van der Waals surface area contributed by atoms with Crippen LogP contribution in [-0.2, 0) is 11.8 Å². The first-order valence-electron chi connectivity index (χ1n) is 9.28. The molecule has 26 heavy (non-hydrogen) atoms. The fraction of sp³-hybridized carbons (Fsp3) is 0.500. The zero-order valence-corrected chi connectivity index (χ0v) is 16.4. The van der Waals surface area contributed by atoms with E-state index in [4.69, 9.17) is 17.0 Å². The van der Waals surface area contributed by atoms with Crippen molar-refractivity contribution in [3.05, 3.63) is 53.1 Å². The number of aromatic nitrogens is 2. The minimum atomic E-state index is 0.0469. The third kappa shape index (κ3) is 3.01. The molecule has 138 valence electrons. The van der Waals surface area contributed by atoms with Gasteiger partial charge in [-0.15, -0.1) is 0 Å². The van der Waals surface area contributed by atoms with Gasteiger partial charge in [0, 0.05) is 37.8 Å². The van der Waals surface area contributed by atoms with Crippen molar-refractivity contribution in [1.82, 2.24) is 19.8 Å². The molecule has 6 heteroatoms. The smallest absolute Gasteiger partial charge is 0.170 e. The van der Waals surface area contributed by atoms with Crippen LogP contribution in [0.25, 0.3) is 0 Å². The Morgan fingerprint density at radius 2 is 2.19 bits per heavy atom. The molecular formula is C20H26N4OS. The minimum Gasteiger partial charge on any atom is -0.376 e. The van der Waals surface area contributed by atoms with Crippen molar-refractivity contribution in [3.63, 3.8) is 0 Å². The third-order valence-electron chi connectivity index (χ3n) is 5.76. The van der Waals surface area contributed by atoms with Crippen molar-refractivity contribution in [2.45, 2.75) is 44.9 Å². The SMILES string of the molecule is Cc1cc([C@H]2[C@H](c3ccccn3)NC(=S)N2C[C@@H]2CCCO2)c(C)n1C. The average molecular weight is 371 g/mol. The summed E-state index contributed by atoms with van der Waals surface area (Å²) in [4.78, 5) is 6.92. The zero-order valence-electron chi connectivity index (χ0n) is 15.6. The molecule has 0 unspecified atom stereocenters. The fourth-order valence-electron chi connectivity index (χ4n) is 4.13. The highest BCUT2D eigenvalue weighted by Gasteiger charge is 2.42. The van der Waals surface area contributed by atoms with Gasteiger partial charge in [0.1, 0.15) is 0 Å². The molecule has 0 radical (unpaired) electrons. The molecular weight excluding hydrogens is 344 g/mol. The predicted molar refractivity (Wildman–Crippen MR) is 106 cm³/mol. The maximum Gasteiger partial charge on any atom is 0.170 e. The van der Waals surface area contributed by atoms with Crippen molar-refractivity contribution in [2.75, 3.05) is 13.2 Å². The molecule has 0 spiro atoms. The van der Waals surface area contributed by atoms with E-state index in [2.05, 4.69) is 52.8 Å². The summed E-state index contributed by atoms with van der Waals surface area (Å²) in [6.07, 6.45) is 4.34. The number of ether oxygens (including phenoxy) is 1. The Kier molecular flexibility index (Phi) is 4.71. The Labute approximate surface area is 160 Å². The van der Waals surface area contributed by atoms with E-state index in [1.54, 1.807) is 0 Å². The molecule has 4 rings (SSSR count). The highest BCUT2D eigenvalue weighted by molar-refractivity contribution is 7.80. The molecule has 2 aliphatic heterocycles. The normalized spacial score (nSPS) is 25.7. The monoisotopic (exact) mass is 370 g/mol. The van der Waals surface area contributed by atoms with E-state index in [0.717, 1.165) is 36.8 Å². The van der Waals surface area contributed by atoms with E-state index in [1.165, 1.54) is 17.0 Å². The topological polar surface area (TPSA) is 42.3 Å². The maximum absolute atomic E-state index is 5.90. The molecule has 0 bridgehead atoms. The quantitative estimate of drug-likeness (QED) is 0.837. The summed E-state index contributed by atoms with van der Waals surface area (Å²) in [6.45, 7) is 6.02. The summed E-state index contributed by atoms with van der Waals surface area (Å²) in [7, 11) is 2.12. The lowest BCUT2D eigenvalue weighted by Gasteiger charge is -2.29. The van der Waals surface area contributed by atoms with Crippen molar-refractivity contribution >= 4 is 17.3 Å². The standard InChI is InChI=1S/C20H26N4OS/c1-13-11-16(14(2)23(13)3)19-18(17-8-4-5-9-21-17)22-20(26)24(19)12-15-7-6-10-25-15/h4-5,8-9,11,15,18-19H,6-7,10,12H2,1-3H3,(H,22,26)/t15-,18-,19-/m0/s1. The summed E-state index contributed by atoms with van der Waals surface area (Å²) in [6, 6.07) is 8.53. The molecule has 2 fully saturated rings. The van der Waals surface area contributed by atoms with Crippen molar-refractivity contribution in [1.29, 1.82) is 0 Å². The molecule has 0 saturated carbocycles. The van der Waals surface area contributed by atoms with Gasteiger partial charge in [0.15, 0.2) is 5.11 Å². The number of nitrogens with zero attached hydrogens (tertiary/aromatic N) is 3. The van der Waals surface area contributed by atoms with E-state index in [-0.39, 0.29) is 18.2 Å². The number of aryl methyl sites for hydroxylation is 1. The molecule has 5 nitrogen and oxygen atoms in total. The van der Waals surface area contributed by atoms with Gasteiger partial charge in [-0.25, -0.2) is 0 Å². The van der Waals surface area contributed by atoms with Gasteiger partial charge in [-0.2, -0.15) is 0 Å². The van der Waals surface area contributed by atoms with Gasteiger partial charge < -0.3 is 19.5 Å². The number of hydrogen-bond acceptors (Lipinski definition) is 3. The fourth-order valence-corrected chi connectivity index (χ4v) is 4.45. The highest BCUT2D eigenvalue weighted by atomic mass is 32.1. The first-order valence-corrected chi connectivity index (χ1v) is 9.69. The van der Waals surface area contributed by atoms with Gasteiger partial charge in [0.05, 0.1) is 23.9 Å². The van der Waals surface area contributed by atoms with Crippen LogP contribution in [0.3, 0.4) is 0 Å². The van der Waals surface area contributed by atoms with E-state index in [1.807, 2.05) is 18.3 Å².